The van der Waals surface area contributed by atoms with Gasteiger partial charge in [-0.3, -0.25) is 0 Å². The zero-order valence-corrected chi connectivity index (χ0v) is 11.3. The summed E-state index contributed by atoms with van der Waals surface area (Å²) >= 11 is 3.44. The van der Waals surface area contributed by atoms with Crippen LogP contribution in [0, 0.1) is 11.3 Å². The van der Waals surface area contributed by atoms with Crippen LogP contribution in [0.1, 0.15) is 12.0 Å². The van der Waals surface area contributed by atoms with Crippen LogP contribution in [0.2, 0.25) is 0 Å². The highest BCUT2D eigenvalue weighted by molar-refractivity contribution is 8.00. The Balaban J connectivity index is 1.64. The highest BCUT2D eigenvalue weighted by atomic mass is 32.2. The highest BCUT2D eigenvalue weighted by Crippen LogP contribution is 2.20. The molecule has 0 radical (unpaired) electrons. The first-order valence-electron chi connectivity index (χ1n) is 5.51. The van der Waals surface area contributed by atoms with Crippen LogP contribution in [0.4, 0.5) is 5.82 Å². The minimum atomic E-state index is 0.583. The first-order valence-corrected chi connectivity index (χ1v) is 7.37. The summed E-state index contributed by atoms with van der Waals surface area (Å²) in [6.45, 7) is 0.872. The van der Waals surface area contributed by atoms with Crippen LogP contribution in [0.3, 0.4) is 0 Å². The summed E-state index contributed by atoms with van der Waals surface area (Å²) in [5.41, 5.74) is 0.583. The fraction of sp³-hybridized carbons (Fsp3) is 0.250. The van der Waals surface area contributed by atoms with Crippen molar-refractivity contribution in [3.05, 3.63) is 35.5 Å². The Morgan fingerprint density at radius 1 is 1.39 bits per heavy atom. The van der Waals surface area contributed by atoms with Gasteiger partial charge in [0.2, 0.25) is 0 Å². The second-order valence-corrected chi connectivity index (χ2v) is 5.71. The lowest BCUT2D eigenvalue weighted by atomic mass is 10.3. The third-order valence-electron chi connectivity index (χ3n) is 2.16. The fourth-order valence-corrected chi connectivity index (χ4v) is 2.94. The molecule has 0 atom stereocenters. The van der Waals surface area contributed by atoms with Crippen molar-refractivity contribution in [2.24, 2.45) is 0 Å². The van der Waals surface area contributed by atoms with Gasteiger partial charge in [-0.25, -0.2) is 9.97 Å². The topological polar surface area (TPSA) is 61.6 Å². The molecule has 0 fully saturated rings. The molecule has 2 rings (SSSR count). The van der Waals surface area contributed by atoms with Gasteiger partial charge in [0.25, 0.3) is 0 Å². The summed E-state index contributed by atoms with van der Waals surface area (Å²) in [6.07, 6.45) is 4.45. The molecule has 4 nitrogen and oxygen atoms in total. The van der Waals surface area contributed by atoms with Crippen molar-refractivity contribution in [3.8, 4) is 6.07 Å². The van der Waals surface area contributed by atoms with Gasteiger partial charge in [-0.2, -0.15) is 5.26 Å². The maximum Gasteiger partial charge on any atom is 0.149 e. The minimum Gasteiger partial charge on any atom is -0.370 e. The number of nitriles is 1. The van der Waals surface area contributed by atoms with E-state index >= 15 is 0 Å². The monoisotopic (exact) mass is 276 g/mol. The molecule has 0 aliphatic heterocycles. The third kappa shape index (κ3) is 4.02. The van der Waals surface area contributed by atoms with Crippen LogP contribution in [0.5, 0.6) is 0 Å². The Morgan fingerprint density at radius 3 is 3.00 bits per heavy atom. The molecule has 0 aliphatic rings. The van der Waals surface area contributed by atoms with Crippen molar-refractivity contribution < 1.29 is 0 Å². The predicted octanol–water partition coefficient (Wildman–Crippen LogP) is 3.00. The maximum absolute atomic E-state index is 8.65. The summed E-state index contributed by atoms with van der Waals surface area (Å²) in [5.74, 6) is 1.85. The van der Waals surface area contributed by atoms with E-state index in [1.54, 1.807) is 35.4 Å². The molecule has 0 spiro atoms. The lowest BCUT2D eigenvalue weighted by Crippen LogP contribution is -2.04. The SMILES string of the molecule is N#Cc1ccc(NCCCSc2nccs2)nc1. The van der Waals surface area contributed by atoms with E-state index in [0.717, 1.165) is 28.9 Å². The molecular formula is C12H12N4S2. The molecular weight excluding hydrogens is 264 g/mol. The van der Waals surface area contributed by atoms with Crippen molar-refractivity contribution in [2.45, 2.75) is 10.8 Å². The molecule has 2 heterocycles. The Labute approximate surface area is 114 Å². The number of nitrogens with zero attached hydrogens (tertiary/aromatic N) is 3. The molecule has 2 aromatic rings. The lowest BCUT2D eigenvalue weighted by molar-refractivity contribution is 0.979. The zero-order chi connectivity index (χ0) is 12.6. The van der Waals surface area contributed by atoms with E-state index in [9.17, 15) is 0 Å². The fourth-order valence-electron chi connectivity index (χ4n) is 1.29. The van der Waals surface area contributed by atoms with Crippen molar-refractivity contribution >= 4 is 28.9 Å². The number of hydrogen-bond donors (Lipinski definition) is 1. The molecule has 0 aromatic carbocycles. The zero-order valence-electron chi connectivity index (χ0n) is 9.67. The summed E-state index contributed by atoms with van der Waals surface area (Å²) in [6, 6.07) is 5.64. The first-order chi connectivity index (χ1) is 8.88. The lowest BCUT2D eigenvalue weighted by Gasteiger charge is -2.04. The molecule has 2 aromatic heterocycles. The number of hydrogen-bond acceptors (Lipinski definition) is 6. The van der Waals surface area contributed by atoms with Gasteiger partial charge in [0.1, 0.15) is 16.2 Å². The Morgan fingerprint density at radius 2 is 2.33 bits per heavy atom. The molecule has 1 N–H and O–H groups in total. The van der Waals surface area contributed by atoms with E-state index < -0.39 is 0 Å². The van der Waals surface area contributed by atoms with Crippen LogP contribution < -0.4 is 5.32 Å². The standard InChI is InChI=1S/C12H12N4S2/c13-8-10-2-3-11(16-9-10)14-4-1-6-17-12-15-5-7-18-12/h2-3,5,7,9H,1,4,6H2,(H,14,16). The summed E-state index contributed by atoms with van der Waals surface area (Å²) in [4.78, 5) is 8.36. The molecule has 0 bridgehead atoms. The van der Waals surface area contributed by atoms with Gasteiger partial charge in [-0.1, -0.05) is 11.8 Å². The van der Waals surface area contributed by atoms with Crippen LogP contribution in [0.15, 0.2) is 34.2 Å². The van der Waals surface area contributed by atoms with Crippen molar-refractivity contribution in [1.82, 2.24) is 9.97 Å². The van der Waals surface area contributed by atoms with Gasteiger partial charge in [-0.05, 0) is 18.6 Å². The molecule has 0 saturated heterocycles. The number of thiazole rings is 1. The quantitative estimate of drug-likeness (QED) is 0.649. The normalized spacial score (nSPS) is 9.94. The smallest absolute Gasteiger partial charge is 0.149 e. The minimum absolute atomic E-state index is 0.583. The van der Waals surface area contributed by atoms with E-state index in [1.807, 2.05) is 23.7 Å². The third-order valence-corrected chi connectivity index (χ3v) is 4.21. The Bertz CT molecular complexity index is 502. The van der Waals surface area contributed by atoms with Gasteiger partial charge in [0, 0.05) is 30.1 Å². The van der Waals surface area contributed by atoms with Gasteiger partial charge in [0.05, 0.1) is 5.56 Å². The van der Waals surface area contributed by atoms with Gasteiger partial charge >= 0.3 is 0 Å². The number of nitrogens with one attached hydrogen (secondary N) is 1. The van der Waals surface area contributed by atoms with Crippen LogP contribution in [0.25, 0.3) is 0 Å². The molecule has 0 unspecified atom stereocenters. The van der Waals surface area contributed by atoms with Crippen LogP contribution in [-0.2, 0) is 0 Å². The van der Waals surface area contributed by atoms with Crippen molar-refractivity contribution in [3.63, 3.8) is 0 Å². The molecule has 18 heavy (non-hydrogen) atoms. The van der Waals surface area contributed by atoms with Crippen molar-refractivity contribution in [1.29, 1.82) is 5.26 Å². The Hall–Kier alpha value is -1.58. The van der Waals surface area contributed by atoms with Gasteiger partial charge < -0.3 is 5.32 Å². The largest absolute Gasteiger partial charge is 0.370 e. The van der Waals surface area contributed by atoms with E-state index in [1.165, 1.54) is 0 Å². The second kappa shape index (κ2) is 6.99. The van der Waals surface area contributed by atoms with Crippen LogP contribution in [-0.4, -0.2) is 22.3 Å². The van der Waals surface area contributed by atoms with E-state index in [-0.39, 0.29) is 0 Å². The summed E-state index contributed by atoms with van der Waals surface area (Å²) in [7, 11) is 0. The highest BCUT2D eigenvalue weighted by Gasteiger charge is 1.97. The second-order valence-electron chi connectivity index (χ2n) is 3.47. The Kier molecular flexibility index (Phi) is 5.00. The predicted molar refractivity (Wildman–Crippen MR) is 74.9 cm³/mol. The molecule has 0 amide bonds. The van der Waals surface area contributed by atoms with Crippen LogP contribution >= 0.6 is 23.1 Å². The number of aromatic nitrogens is 2. The van der Waals surface area contributed by atoms with E-state index in [4.69, 9.17) is 5.26 Å². The van der Waals surface area contributed by atoms with E-state index in [2.05, 4.69) is 15.3 Å². The average molecular weight is 276 g/mol. The number of thioether (sulfide) groups is 1. The van der Waals surface area contributed by atoms with E-state index in [0.29, 0.717) is 5.56 Å². The number of pyridine rings is 1. The maximum atomic E-state index is 8.65. The van der Waals surface area contributed by atoms with Crippen molar-refractivity contribution in [2.75, 3.05) is 17.6 Å². The molecule has 6 heteroatoms. The van der Waals surface area contributed by atoms with Gasteiger partial charge in [-0.15, -0.1) is 11.3 Å². The molecule has 92 valence electrons. The molecule has 0 aliphatic carbocycles. The number of anilines is 1. The number of rotatable bonds is 6. The average Bonchev–Trinajstić information content (AvgIpc) is 2.92. The summed E-state index contributed by atoms with van der Waals surface area (Å²) in [5, 5.41) is 13.9. The summed E-state index contributed by atoms with van der Waals surface area (Å²) < 4.78 is 1.12. The first kappa shape index (κ1) is 12.9. The molecule has 0 saturated carbocycles. The van der Waals surface area contributed by atoms with Gasteiger partial charge in [0.15, 0.2) is 0 Å².